The molecule has 0 saturated heterocycles. The second kappa shape index (κ2) is 7.19. The maximum atomic E-state index is 11.7. The van der Waals surface area contributed by atoms with Crippen LogP contribution >= 0.6 is 34.8 Å². The Hall–Kier alpha value is -0.480. The summed E-state index contributed by atoms with van der Waals surface area (Å²) in [6, 6.07) is 3.35. The largest absolute Gasteiger partial charge is 0.322 e. The van der Waals surface area contributed by atoms with E-state index in [0.717, 1.165) is 6.42 Å². The van der Waals surface area contributed by atoms with Crippen molar-refractivity contribution in [3.05, 3.63) is 27.2 Å². The van der Waals surface area contributed by atoms with Crippen LogP contribution in [0.4, 0.5) is 5.69 Å². The number of benzene rings is 1. The lowest BCUT2D eigenvalue weighted by molar-refractivity contribution is -0.115. The van der Waals surface area contributed by atoms with Crippen LogP contribution < -0.4 is 10.6 Å². The zero-order valence-corrected chi connectivity index (χ0v) is 12.5. The molecule has 0 spiro atoms. The van der Waals surface area contributed by atoms with E-state index in [4.69, 9.17) is 34.8 Å². The van der Waals surface area contributed by atoms with Crippen molar-refractivity contribution >= 4 is 46.4 Å². The minimum absolute atomic E-state index is 0.193. The Morgan fingerprint density at radius 3 is 2.33 bits per heavy atom. The topological polar surface area (TPSA) is 41.1 Å². The van der Waals surface area contributed by atoms with E-state index >= 15 is 0 Å². The second-order valence-electron chi connectivity index (χ2n) is 3.98. The Balaban J connectivity index is 2.65. The van der Waals surface area contributed by atoms with Crippen molar-refractivity contribution in [1.82, 2.24) is 5.32 Å². The number of hydrogen-bond donors (Lipinski definition) is 2. The molecule has 1 aromatic rings. The normalized spacial score (nSPS) is 12.3. The molecule has 0 aliphatic heterocycles. The van der Waals surface area contributed by atoms with Crippen LogP contribution in [-0.4, -0.2) is 18.5 Å². The van der Waals surface area contributed by atoms with Gasteiger partial charge in [-0.25, -0.2) is 0 Å². The zero-order chi connectivity index (χ0) is 13.7. The molecule has 3 nitrogen and oxygen atoms in total. The van der Waals surface area contributed by atoms with Crippen LogP contribution in [-0.2, 0) is 4.79 Å². The van der Waals surface area contributed by atoms with Crippen LogP contribution in [0.25, 0.3) is 0 Å². The molecule has 1 atom stereocenters. The van der Waals surface area contributed by atoms with E-state index in [1.807, 2.05) is 13.8 Å². The molecular weight excluding hydrogens is 295 g/mol. The number of carbonyl (C=O) groups is 1. The van der Waals surface area contributed by atoms with Gasteiger partial charge in [0.2, 0.25) is 5.91 Å². The average molecular weight is 310 g/mol. The van der Waals surface area contributed by atoms with Gasteiger partial charge in [0.05, 0.1) is 22.3 Å². The third kappa shape index (κ3) is 4.65. The average Bonchev–Trinajstić information content (AvgIpc) is 2.30. The van der Waals surface area contributed by atoms with Gasteiger partial charge < -0.3 is 10.6 Å². The van der Waals surface area contributed by atoms with E-state index in [0.29, 0.717) is 20.8 Å². The van der Waals surface area contributed by atoms with E-state index in [1.54, 1.807) is 0 Å². The van der Waals surface area contributed by atoms with Crippen molar-refractivity contribution in [2.45, 2.75) is 26.3 Å². The van der Waals surface area contributed by atoms with Crippen molar-refractivity contribution in [2.75, 3.05) is 11.9 Å². The van der Waals surface area contributed by atoms with Crippen LogP contribution in [0.15, 0.2) is 12.1 Å². The lowest BCUT2D eigenvalue weighted by atomic mass is 10.2. The molecule has 0 aromatic heterocycles. The highest BCUT2D eigenvalue weighted by Crippen LogP contribution is 2.33. The number of hydrogen-bond acceptors (Lipinski definition) is 2. The minimum Gasteiger partial charge on any atom is -0.322 e. The highest BCUT2D eigenvalue weighted by Gasteiger charge is 2.11. The van der Waals surface area contributed by atoms with Crippen molar-refractivity contribution in [2.24, 2.45) is 0 Å². The molecule has 0 saturated carbocycles. The molecule has 18 heavy (non-hydrogen) atoms. The molecular formula is C12H15Cl3N2O. The van der Waals surface area contributed by atoms with Gasteiger partial charge in [0.15, 0.2) is 0 Å². The summed E-state index contributed by atoms with van der Waals surface area (Å²) in [6.07, 6.45) is 0.954. The number of amides is 1. The Labute approximate surface area is 122 Å². The van der Waals surface area contributed by atoms with E-state index in [1.165, 1.54) is 12.1 Å². The Morgan fingerprint density at radius 1 is 1.28 bits per heavy atom. The molecule has 0 aliphatic rings. The van der Waals surface area contributed by atoms with Crippen molar-refractivity contribution < 1.29 is 4.79 Å². The first-order valence-electron chi connectivity index (χ1n) is 5.61. The van der Waals surface area contributed by atoms with Gasteiger partial charge in [-0.2, -0.15) is 0 Å². The first-order valence-corrected chi connectivity index (χ1v) is 6.75. The summed E-state index contributed by atoms with van der Waals surface area (Å²) < 4.78 is 0. The first-order chi connectivity index (χ1) is 8.43. The van der Waals surface area contributed by atoms with Crippen molar-refractivity contribution in [3.63, 3.8) is 0 Å². The van der Waals surface area contributed by atoms with E-state index < -0.39 is 0 Å². The summed E-state index contributed by atoms with van der Waals surface area (Å²) in [7, 11) is 0. The monoisotopic (exact) mass is 308 g/mol. The third-order valence-corrected chi connectivity index (χ3v) is 3.31. The SMILES string of the molecule is CCC(C)NCC(=O)Nc1c(Cl)cc(Cl)cc1Cl. The Morgan fingerprint density at radius 2 is 1.83 bits per heavy atom. The highest BCUT2D eigenvalue weighted by molar-refractivity contribution is 6.42. The fourth-order valence-electron chi connectivity index (χ4n) is 1.26. The van der Waals surface area contributed by atoms with Gasteiger partial charge in [0, 0.05) is 11.1 Å². The summed E-state index contributed by atoms with van der Waals surface area (Å²) >= 11 is 17.7. The predicted octanol–water partition coefficient (Wildman–Crippen LogP) is 3.97. The minimum atomic E-state index is -0.193. The molecule has 0 aliphatic carbocycles. The molecule has 0 fully saturated rings. The lowest BCUT2D eigenvalue weighted by Crippen LogP contribution is -2.34. The molecule has 1 aromatic carbocycles. The molecule has 0 radical (unpaired) electrons. The van der Waals surface area contributed by atoms with E-state index in [2.05, 4.69) is 10.6 Å². The van der Waals surface area contributed by atoms with Gasteiger partial charge in [0.25, 0.3) is 0 Å². The molecule has 1 unspecified atom stereocenters. The van der Waals surface area contributed by atoms with Gasteiger partial charge in [-0.15, -0.1) is 0 Å². The van der Waals surface area contributed by atoms with Crippen LogP contribution in [0, 0.1) is 0 Å². The number of halogens is 3. The van der Waals surface area contributed by atoms with Gasteiger partial charge in [-0.3, -0.25) is 4.79 Å². The van der Waals surface area contributed by atoms with E-state index in [9.17, 15) is 4.79 Å². The summed E-state index contributed by atoms with van der Waals surface area (Å²) in [4.78, 5) is 11.7. The van der Waals surface area contributed by atoms with Gasteiger partial charge in [-0.05, 0) is 25.5 Å². The number of anilines is 1. The van der Waals surface area contributed by atoms with Gasteiger partial charge >= 0.3 is 0 Å². The van der Waals surface area contributed by atoms with Gasteiger partial charge in [-0.1, -0.05) is 41.7 Å². The zero-order valence-electron chi connectivity index (χ0n) is 10.2. The summed E-state index contributed by atoms with van der Waals surface area (Å²) in [5, 5.41) is 6.82. The maximum absolute atomic E-state index is 11.7. The molecule has 6 heteroatoms. The van der Waals surface area contributed by atoms with E-state index in [-0.39, 0.29) is 18.5 Å². The molecule has 1 amide bonds. The lowest BCUT2D eigenvalue weighted by Gasteiger charge is -2.13. The highest BCUT2D eigenvalue weighted by atomic mass is 35.5. The van der Waals surface area contributed by atoms with Crippen molar-refractivity contribution in [1.29, 1.82) is 0 Å². The van der Waals surface area contributed by atoms with Crippen LogP contribution in [0.5, 0.6) is 0 Å². The standard InChI is InChI=1S/C12H15Cl3N2O/c1-3-7(2)16-6-11(18)17-12-9(14)4-8(13)5-10(12)15/h4-5,7,16H,3,6H2,1-2H3,(H,17,18). The fourth-order valence-corrected chi connectivity index (χ4v) is 2.17. The maximum Gasteiger partial charge on any atom is 0.238 e. The molecule has 2 N–H and O–H groups in total. The molecule has 1 rings (SSSR count). The molecule has 0 heterocycles. The summed E-state index contributed by atoms with van der Waals surface area (Å²) in [6.45, 7) is 4.27. The summed E-state index contributed by atoms with van der Waals surface area (Å²) in [5.74, 6) is -0.193. The van der Waals surface area contributed by atoms with Crippen molar-refractivity contribution in [3.8, 4) is 0 Å². The number of nitrogens with one attached hydrogen (secondary N) is 2. The van der Waals surface area contributed by atoms with Crippen LogP contribution in [0.1, 0.15) is 20.3 Å². The first kappa shape index (κ1) is 15.6. The quantitative estimate of drug-likeness (QED) is 0.864. The van der Waals surface area contributed by atoms with Gasteiger partial charge in [0.1, 0.15) is 0 Å². The fraction of sp³-hybridized carbons (Fsp3) is 0.417. The molecule has 100 valence electrons. The van der Waals surface area contributed by atoms with Crippen LogP contribution in [0.2, 0.25) is 15.1 Å². The second-order valence-corrected chi connectivity index (χ2v) is 5.23. The summed E-state index contributed by atoms with van der Waals surface area (Å²) in [5.41, 5.74) is 0.388. The van der Waals surface area contributed by atoms with Crippen LogP contribution in [0.3, 0.4) is 0 Å². The Kier molecular flexibility index (Phi) is 6.22. The smallest absolute Gasteiger partial charge is 0.238 e. The number of carbonyl (C=O) groups excluding carboxylic acids is 1. The predicted molar refractivity (Wildman–Crippen MR) is 77.9 cm³/mol. The third-order valence-electron chi connectivity index (χ3n) is 2.49. The molecule has 0 bridgehead atoms. The Bertz CT molecular complexity index is 414. The number of rotatable bonds is 5.